The number of benzene rings is 2. The minimum Gasteiger partial charge on any atom is -0.496 e. The SMILES string of the molecule is COc1ccccc1C(=O)CC1(O)C(=O)Nc2c(Cl)ccc(Cl)c21. The van der Waals surface area contributed by atoms with E-state index in [0.717, 1.165) is 0 Å². The molecule has 1 amide bonds. The topological polar surface area (TPSA) is 75.6 Å². The standard InChI is InChI=1S/C17H13Cl2NO4/c1-24-13-5-3-2-4-9(13)12(21)8-17(23)14-10(18)6-7-11(19)15(14)20-16(17)22/h2-7,23H,8H2,1H3,(H,20,22). The highest BCUT2D eigenvalue weighted by Gasteiger charge is 2.49. The molecule has 1 heterocycles. The van der Waals surface area contributed by atoms with Crippen molar-refractivity contribution in [2.24, 2.45) is 0 Å². The zero-order valence-electron chi connectivity index (χ0n) is 12.6. The van der Waals surface area contributed by atoms with Gasteiger partial charge in [-0.2, -0.15) is 0 Å². The monoisotopic (exact) mass is 365 g/mol. The highest BCUT2D eigenvalue weighted by Crippen LogP contribution is 2.46. The lowest BCUT2D eigenvalue weighted by molar-refractivity contribution is -0.133. The molecule has 1 aliphatic rings. The summed E-state index contributed by atoms with van der Waals surface area (Å²) < 4.78 is 5.15. The van der Waals surface area contributed by atoms with Gasteiger partial charge in [0.25, 0.3) is 5.91 Å². The predicted molar refractivity (Wildman–Crippen MR) is 90.9 cm³/mol. The average Bonchev–Trinajstić information content (AvgIpc) is 2.83. The van der Waals surface area contributed by atoms with Crippen LogP contribution >= 0.6 is 23.2 Å². The maximum atomic E-state index is 12.6. The van der Waals surface area contributed by atoms with Gasteiger partial charge in [-0.3, -0.25) is 9.59 Å². The molecule has 0 bridgehead atoms. The van der Waals surface area contributed by atoms with Crippen molar-refractivity contribution in [2.75, 3.05) is 12.4 Å². The zero-order valence-corrected chi connectivity index (χ0v) is 14.1. The van der Waals surface area contributed by atoms with E-state index in [4.69, 9.17) is 27.9 Å². The van der Waals surface area contributed by atoms with Gasteiger partial charge < -0.3 is 15.2 Å². The maximum Gasteiger partial charge on any atom is 0.261 e. The molecule has 0 saturated heterocycles. The van der Waals surface area contributed by atoms with Crippen molar-refractivity contribution < 1.29 is 19.4 Å². The first-order valence-corrected chi connectivity index (χ1v) is 7.82. The summed E-state index contributed by atoms with van der Waals surface area (Å²) in [6.45, 7) is 0. The Hall–Kier alpha value is -2.08. The van der Waals surface area contributed by atoms with Crippen LogP contribution in [0, 0.1) is 0 Å². The minimum atomic E-state index is -2.09. The number of halogens is 2. The average molecular weight is 366 g/mol. The molecule has 0 aliphatic carbocycles. The Kier molecular flexibility index (Phi) is 4.25. The molecule has 0 fully saturated rings. The van der Waals surface area contributed by atoms with E-state index in [1.54, 1.807) is 24.3 Å². The summed E-state index contributed by atoms with van der Waals surface area (Å²) in [5.74, 6) is -0.827. The summed E-state index contributed by atoms with van der Waals surface area (Å²) in [4.78, 5) is 25.0. The molecule has 5 nitrogen and oxygen atoms in total. The van der Waals surface area contributed by atoms with Gasteiger partial charge in [0.1, 0.15) is 5.75 Å². The van der Waals surface area contributed by atoms with Gasteiger partial charge in [0.2, 0.25) is 0 Å². The second-order valence-electron chi connectivity index (χ2n) is 5.39. The van der Waals surface area contributed by atoms with Gasteiger partial charge in [-0.05, 0) is 24.3 Å². The van der Waals surface area contributed by atoms with Crippen molar-refractivity contribution in [3.8, 4) is 5.75 Å². The van der Waals surface area contributed by atoms with Crippen molar-refractivity contribution in [2.45, 2.75) is 12.0 Å². The van der Waals surface area contributed by atoms with Gasteiger partial charge in [-0.1, -0.05) is 35.3 Å². The van der Waals surface area contributed by atoms with Crippen LogP contribution in [0.1, 0.15) is 22.3 Å². The second-order valence-corrected chi connectivity index (χ2v) is 6.21. The lowest BCUT2D eigenvalue weighted by Gasteiger charge is -2.21. The number of carbonyl (C=O) groups is 2. The second kappa shape index (κ2) is 6.09. The van der Waals surface area contributed by atoms with Gasteiger partial charge in [-0.15, -0.1) is 0 Å². The van der Waals surface area contributed by atoms with E-state index in [2.05, 4.69) is 5.32 Å². The van der Waals surface area contributed by atoms with Gasteiger partial charge in [0.05, 0.1) is 29.8 Å². The third kappa shape index (κ3) is 2.55. The number of anilines is 1. The van der Waals surface area contributed by atoms with Crippen LogP contribution in [0.15, 0.2) is 36.4 Å². The number of ketones is 1. The predicted octanol–water partition coefficient (Wildman–Crippen LogP) is 3.41. The Balaban J connectivity index is 2.03. The molecule has 3 rings (SSSR count). The molecule has 2 N–H and O–H groups in total. The molecule has 0 aromatic heterocycles. The Morgan fingerprint density at radius 1 is 1.21 bits per heavy atom. The van der Waals surface area contributed by atoms with Crippen LogP contribution in [-0.2, 0) is 10.4 Å². The normalized spacial score (nSPS) is 18.9. The number of Topliss-reactive ketones (excluding diaryl/α,β-unsaturated/α-hetero) is 1. The summed E-state index contributed by atoms with van der Waals surface area (Å²) >= 11 is 12.2. The molecule has 0 spiro atoms. The Labute approximate surface area is 148 Å². The largest absolute Gasteiger partial charge is 0.496 e. The van der Waals surface area contributed by atoms with Crippen LogP contribution in [0.3, 0.4) is 0 Å². The van der Waals surface area contributed by atoms with Gasteiger partial charge >= 0.3 is 0 Å². The van der Waals surface area contributed by atoms with E-state index in [1.165, 1.54) is 19.2 Å². The van der Waals surface area contributed by atoms with Gasteiger partial charge in [-0.25, -0.2) is 0 Å². The van der Waals surface area contributed by atoms with E-state index < -0.39 is 23.7 Å². The molecule has 124 valence electrons. The minimum absolute atomic E-state index is 0.116. The first-order chi connectivity index (χ1) is 11.4. The van der Waals surface area contributed by atoms with E-state index in [1.807, 2.05) is 0 Å². The number of nitrogens with one attached hydrogen (secondary N) is 1. The Morgan fingerprint density at radius 3 is 2.58 bits per heavy atom. The van der Waals surface area contributed by atoms with E-state index in [0.29, 0.717) is 5.75 Å². The molecule has 2 aromatic rings. The van der Waals surface area contributed by atoms with Crippen molar-refractivity contribution in [3.63, 3.8) is 0 Å². The number of methoxy groups -OCH3 is 1. The number of rotatable bonds is 4. The number of aliphatic hydroxyl groups is 1. The summed E-state index contributed by atoms with van der Waals surface area (Å²) in [7, 11) is 1.44. The summed E-state index contributed by atoms with van der Waals surface area (Å²) in [6.07, 6.45) is -0.480. The van der Waals surface area contributed by atoms with E-state index in [-0.39, 0.29) is 26.9 Å². The first-order valence-electron chi connectivity index (χ1n) is 7.07. The van der Waals surface area contributed by atoms with Crippen LogP contribution < -0.4 is 10.1 Å². The molecule has 7 heteroatoms. The Morgan fingerprint density at radius 2 is 1.88 bits per heavy atom. The highest BCUT2D eigenvalue weighted by molar-refractivity contribution is 6.38. The van der Waals surface area contributed by atoms with Crippen LogP contribution in [0.2, 0.25) is 10.0 Å². The van der Waals surface area contributed by atoms with Crippen molar-refractivity contribution >= 4 is 40.6 Å². The molecule has 0 saturated carbocycles. The zero-order chi connectivity index (χ0) is 17.5. The van der Waals surface area contributed by atoms with Crippen molar-refractivity contribution in [1.82, 2.24) is 0 Å². The van der Waals surface area contributed by atoms with Crippen molar-refractivity contribution in [3.05, 3.63) is 57.6 Å². The number of hydrogen-bond donors (Lipinski definition) is 2. The van der Waals surface area contributed by atoms with Gasteiger partial charge in [0.15, 0.2) is 11.4 Å². The molecule has 0 radical (unpaired) electrons. The molecule has 1 unspecified atom stereocenters. The fourth-order valence-electron chi connectivity index (χ4n) is 2.78. The van der Waals surface area contributed by atoms with Crippen LogP contribution in [0.5, 0.6) is 5.75 Å². The maximum absolute atomic E-state index is 12.6. The molecular weight excluding hydrogens is 353 g/mol. The third-order valence-electron chi connectivity index (χ3n) is 3.96. The number of ether oxygens (including phenoxy) is 1. The first kappa shape index (κ1) is 16.8. The van der Waals surface area contributed by atoms with E-state index >= 15 is 0 Å². The smallest absolute Gasteiger partial charge is 0.261 e. The lowest BCUT2D eigenvalue weighted by Crippen LogP contribution is -2.36. The van der Waals surface area contributed by atoms with Crippen LogP contribution in [0.25, 0.3) is 0 Å². The van der Waals surface area contributed by atoms with Crippen LogP contribution in [0.4, 0.5) is 5.69 Å². The fraction of sp³-hybridized carbons (Fsp3) is 0.176. The number of para-hydroxylation sites is 1. The summed E-state index contributed by atoms with van der Waals surface area (Å²) in [6, 6.07) is 9.57. The molecule has 2 aromatic carbocycles. The number of carbonyl (C=O) groups excluding carboxylic acids is 2. The quantitative estimate of drug-likeness (QED) is 0.814. The fourth-order valence-corrected chi connectivity index (χ4v) is 3.30. The van der Waals surface area contributed by atoms with Crippen molar-refractivity contribution in [1.29, 1.82) is 0 Å². The number of fused-ring (bicyclic) bond motifs is 1. The number of hydrogen-bond acceptors (Lipinski definition) is 4. The summed E-state index contributed by atoms with van der Waals surface area (Å²) in [5.41, 5.74) is -1.47. The number of amides is 1. The lowest BCUT2D eigenvalue weighted by atomic mass is 9.88. The third-order valence-corrected chi connectivity index (χ3v) is 4.59. The highest BCUT2D eigenvalue weighted by atomic mass is 35.5. The van der Waals surface area contributed by atoms with Gasteiger partial charge in [0, 0.05) is 10.6 Å². The van der Waals surface area contributed by atoms with Crippen LogP contribution in [-0.4, -0.2) is 23.9 Å². The molecule has 1 aliphatic heterocycles. The molecule has 24 heavy (non-hydrogen) atoms. The molecular formula is C17H13Cl2NO4. The molecule has 1 atom stereocenters. The van der Waals surface area contributed by atoms with E-state index in [9.17, 15) is 14.7 Å². The summed E-state index contributed by atoms with van der Waals surface area (Å²) in [5, 5.41) is 13.8. The Bertz CT molecular complexity index is 852.